The second-order valence-electron chi connectivity index (χ2n) is 7.57. The summed E-state index contributed by atoms with van der Waals surface area (Å²) >= 11 is 0. The summed E-state index contributed by atoms with van der Waals surface area (Å²) in [6, 6.07) is 14.3. The van der Waals surface area contributed by atoms with E-state index < -0.39 is 10.0 Å². The average Bonchev–Trinajstić information content (AvgIpc) is 2.69. The van der Waals surface area contributed by atoms with Gasteiger partial charge in [-0.05, 0) is 62.1 Å². The van der Waals surface area contributed by atoms with Crippen molar-refractivity contribution in [1.82, 2.24) is 9.21 Å². The highest BCUT2D eigenvalue weighted by molar-refractivity contribution is 7.89. The number of nitrogens with zero attached hydrogens (tertiary/aromatic N) is 2. The van der Waals surface area contributed by atoms with Gasteiger partial charge in [0.15, 0.2) is 0 Å². The van der Waals surface area contributed by atoms with Gasteiger partial charge in [-0.15, -0.1) is 0 Å². The number of benzene rings is 2. The van der Waals surface area contributed by atoms with E-state index in [4.69, 9.17) is 0 Å². The van der Waals surface area contributed by atoms with Crippen LogP contribution in [0, 0.1) is 6.92 Å². The third-order valence-electron chi connectivity index (χ3n) is 5.47. The lowest BCUT2D eigenvalue weighted by atomic mass is 10.1. The van der Waals surface area contributed by atoms with E-state index in [1.165, 1.54) is 0 Å². The molecule has 150 valence electrons. The van der Waals surface area contributed by atoms with Crippen LogP contribution in [0.1, 0.15) is 47.7 Å². The van der Waals surface area contributed by atoms with E-state index in [0.29, 0.717) is 18.7 Å². The Bertz CT molecular complexity index is 939. The molecule has 2 aromatic carbocycles. The Labute approximate surface area is 168 Å². The number of amides is 1. The standard InChI is InChI=1S/C22H28N2O3S/c1-17-8-4-5-10-20(17)16-23(3)22(25)19-11-13-21(14-12-19)28(26,27)24-15-7-6-9-18(24)2/h4-5,8,10-14,18H,6-7,9,15-16H2,1-3H3/t18-/m1/s1. The summed E-state index contributed by atoms with van der Waals surface area (Å²) in [4.78, 5) is 14.6. The number of rotatable bonds is 5. The number of hydrogen-bond acceptors (Lipinski definition) is 3. The molecule has 1 saturated heterocycles. The highest BCUT2D eigenvalue weighted by Crippen LogP contribution is 2.25. The van der Waals surface area contributed by atoms with Crippen molar-refractivity contribution in [1.29, 1.82) is 0 Å². The van der Waals surface area contributed by atoms with Crippen LogP contribution in [-0.4, -0.2) is 43.2 Å². The molecule has 5 nitrogen and oxygen atoms in total. The Morgan fingerprint density at radius 1 is 1.11 bits per heavy atom. The number of hydrogen-bond donors (Lipinski definition) is 0. The molecule has 0 aliphatic carbocycles. The fourth-order valence-electron chi connectivity index (χ4n) is 3.67. The molecule has 0 bridgehead atoms. The van der Waals surface area contributed by atoms with Crippen molar-refractivity contribution in [2.45, 2.75) is 50.6 Å². The van der Waals surface area contributed by atoms with Crippen molar-refractivity contribution >= 4 is 15.9 Å². The van der Waals surface area contributed by atoms with Gasteiger partial charge in [-0.3, -0.25) is 4.79 Å². The van der Waals surface area contributed by atoms with Crippen LogP contribution in [0.3, 0.4) is 0 Å². The molecule has 1 fully saturated rings. The van der Waals surface area contributed by atoms with Crippen molar-refractivity contribution in [2.75, 3.05) is 13.6 Å². The number of aryl methyl sites for hydroxylation is 1. The van der Waals surface area contributed by atoms with Gasteiger partial charge in [0.05, 0.1) is 4.90 Å². The Hall–Kier alpha value is -2.18. The molecule has 1 aliphatic rings. The predicted octanol–water partition coefficient (Wildman–Crippen LogP) is 3.83. The van der Waals surface area contributed by atoms with Crippen LogP contribution in [0.15, 0.2) is 53.4 Å². The Kier molecular flexibility index (Phi) is 6.20. The molecular formula is C22H28N2O3S. The van der Waals surface area contributed by atoms with Gasteiger partial charge in [-0.1, -0.05) is 30.7 Å². The fourth-order valence-corrected chi connectivity index (χ4v) is 5.37. The first kappa shape index (κ1) is 20.6. The predicted molar refractivity (Wildman–Crippen MR) is 111 cm³/mol. The van der Waals surface area contributed by atoms with E-state index in [9.17, 15) is 13.2 Å². The van der Waals surface area contributed by atoms with E-state index in [-0.39, 0.29) is 16.8 Å². The molecule has 1 amide bonds. The van der Waals surface area contributed by atoms with E-state index in [1.54, 1.807) is 40.5 Å². The van der Waals surface area contributed by atoms with Crippen LogP contribution < -0.4 is 0 Å². The first-order valence-corrected chi connectivity index (χ1v) is 11.2. The maximum Gasteiger partial charge on any atom is 0.253 e. The van der Waals surface area contributed by atoms with Gasteiger partial charge in [0.2, 0.25) is 10.0 Å². The molecule has 1 atom stereocenters. The van der Waals surface area contributed by atoms with Crippen molar-refractivity contribution in [3.8, 4) is 0 Å². The van der Waals surface area contributed by atoms with Gasteiger partial charge < -0.3 is 4.90 Å². The highest BCUT2D eigenvalue weighted by Gasteiger charge is 2.31. The van der Waals surface area contributed by atoms with E-state index in [0.717, 1.165) is 30.4 Å². The van der Waals surface area contributed by atoms with Gasteiger partial charge in [-0.2, -0.15) is 4.31 Å². The van der Waals surface area contributed by atoms with Crippen molar-refractivity contribution in [2.24, 2.45) is 0 Å². The number of piperidine rings is 1. The molecule has 28 heavy (non-hydrogen) atoms. The van der Waals surface area contributed by atoms with E-state index >= 15 is 0 Å². The largest absolute Gasteiger partial charge is 0.337 e. The maximum atomic E-state index is 12.9. The lowest BCUT2D eigenvalue weighted by molar-refractivity contribution is 0.0785. The molecule has 0 radical (unpaired) electrons. The third-order valence-corrected chi connectivity index (χ3v) is 7.49. The SMILES string of the molecule is Cc1ccccc1CN(C)C(=O)c1ccc(S(=O)(=O)N2CCCC[C@H]2C)cc1. The van der Waals surface area contributed by atoms with Crippen LogP contribution in [0.4, 0.5) is 0 Å². The smallest absolute Gasteiger partial charge is 0.253 e. The van der Waals surface area contributed by atoms with Gasteiger partial charge in [0, 0.05) is 31.7 Å². The second kappa shape index (κ2) is 8.45. The quantitative estimate of drug-likeness (QED) is 0.766. The zero-order chi connectivity index (χ0) is 20.3. The minimum absolute atomic E-state index is 0.0142. The molecule has 2 aromatic rings. The van der Waals surface area contributed by atoms with Crippen LogP contribution in [0.2, 0.25) is 0 Å². The number of carbonyl (C=O) groups excluding carboxylic acids is 1. The first-order chi connectivity index (χ1) is 13.3. The van der Waals surface area contributed by atoms with Crippen molar-refractivity contribution in [3.05, 3.63) is 65.2 Å². The molecule has 0 saturated carbocycles. The molecule has 0 aromatic heterocycles. The van der Waals surface area contributed by atoms with Gasteiger partial charge in [0.25, 0.3) is 5.91 Å². The summed E-state index contributed by atoms with van der Waals surface area (Å²) in [5, 5.41) is 0. The normalized spacial score (nSPS) is 18.0. The van der Waals surface area contributed by atoms with Gasteiger partial charge >= 0.3 is 0 Å². The van der Waals surface area contributed by atoms with Gasteiger partial charge in [0.1, 0.15) is 0 Å². The Morgan fingerprint density at radius 2 is 1.79 bits per heavy atom. The average molecular weight is 401 g/mol. The molecule has 0 unspecified atom stereocenters. The zero-order valence-corrected chi connectivity index (χ0v) is 17.6. The molecule has 0 N–H and O–H groups in total. The minimum Gasteiger partial charge on any atom is -0.337 e. The first-order valence-electron chi connectivity index (χ1n) is 9.72. The maximum absolute atomic E-state index is 12.9. The Balaban J connectivity index is 1.74. The molecule has 6 heteroatoms. The summed E-state index contributed by atoms with van der Waals surface area (Å²) in [6.07, 6.45) is 2.84. The summed E-state index contributed by atoms with van der Waals surface area (Å²) in [7, 11) is -1.76. The van der Waals surface area contributed by atoms with Crippen LogP contribution >= 0.6 is 0 Å². The van der Waals surface area contributed by atoms with Crippen LogP contribution in [0.25, 0.3) is 0 Å². The van der Waals surface area contributed by atoms with Crippen LogP contribution in [-0.2, 0) is 16.6 Å². The zero-order valence-electron chi connectivity index (χ0n) is 16.8. The van der Waals surface area contributed by atoms with Gasteiger partial charge in [-0.25, -0.2) is 8.42 Å². The monoisotopic (exact) mass is 400 g/mol. The lowest BCUT2D eigenvalue weighted by Gasteiger charge is -2.32. The summed E-state index contributed by atoms with van der Waals surface area (Å²) in [5.74, 6) is -0.126. The number of carbonyl (C=O) groups is 1. The molecule has 1 heterocycles. The summed E-state index contributed by atoms with van der Waals surface area (Å²) < 4.78 is 27.4. The third kappa shape index (κ3) is 4.28. The van der Waals surface area contributed by atoms with Crippen LogP contribution in [0.5, 0.6) is 0 Å². The summed E-state index contributed by atoms with van der Waals surface area (Å²) in [5.41, 5.74) is 2.72. The van der Waals surface area contributed by atoms with E-state index in [1.807, 2.05) is 38.1 Å². The lowest BCUT2D eigenvalue weighted by Crippen LogP contribution is -2.41. The topological polar surface area (TPSA) is 57.7 Å². The molecule has 1 aliphatic heterocycles. The van der Waals surface area contributed by atoms with Crippen molar-refractivity contribution < 1.29 is 13.2 Å². The minimum atomic E-state index is -3.52. The highest BCUT2D eigenvalue weighted by atomic mass is 32.2. The second-order valence-corrected chi connectivity index (χ2v) is 9.46. The molecular weight excluding hydrogens is 372 g/mol. The summed E-state index contributed by atoms with van der Waals surface area (Å²) in [6.45, 7) is 5.05. The number of sulfonamides is 1. The molecule has 0 spiro atoms. The molecule has 3 rings (SSSR count). The Morgan fingerprint density at radius 3 is 2.43 bits per heavy atom. The van der Waals surface area contributed by atoms with Crippen molar-refractivity contribution in [3.63, 3.8) is 0 Å². The fraction of sp³-hybridized carbons (Fsp3) is 0.409. The van der Waals surface area contributed by atoms with E-state index in [2.05, 4.69) is 0 Å².